The first-order valence-electron chi connectivity index (χ1n) is 8.94. The first kappa shape index (κ1) is 17.6. The first-order valence-corrected chi connectivity index (χ1v) is 10.2. The van der Waals surface area contributed by atoms with E-state index in [1.54, 1.807) is 0 Å². The smallest absolute Gasteiger partial charge is 0.317 e. The molecule has 1 atom stereocenters. The molecule has 0 unspecified atom stereocenters. The number of amides is 2. The van der Waals surface area contributed by atoms with Gasteiger partial charge in [-0.25, -0.2) is 4.79 Å². The van der Waals surface area contributed by atoms with Crippen LogP contribution in [-0.4, -0.2) is 54.3 Å². The molecule has 2 aliphatic rings. The highest BCUT2D eigenvalue weighted by molar-refractivity contribution is 8.00. The van der Waals surface area contributed by atoms with Gasteiger partial charge in [0.2, 0.25) is 0 Å². The summed E-state index contributed by atoms with van der Waals surface area (Å²) in [6, 6.07) is 10.9. The highest BCUT2D eigenvalue weighted by Crippen LogP contribution is 2.33. The van der Waals surface area contributed by atoms with Crippen molar-refractivity contribution in [3.05, 3.63) is 35.9 Å². The summed E-state index contributed by atoms with van der Waals surface area (Å²) in [7, 11) is 0. The van der Waals surface area contributed by atoms with E-state index in [1.807, 2.05) is 22.7 Å². The zero-order valence-electron chi connectivity index (χ0n) is 14.5. The van der Waals surface area contributed by atoms with Gasteiger partial charge in [0, 0.05) is 37.1 Å². The molecule has 1 N–H and O–H groups in total. The third-order valence-electron chi connectivity index (χ3n) is 5.35. The Bertz CT molecular complexity index is 531. The first-order chi connectivity index (χ1) is 11.7. The minimum atomic E-state index is 0.105. The van der Waals surface area contributed by atoms with Gasteiger partial charge in [-0.3, -0.25) is 0 Å². The summed E-state index contributed by atoms with van der Waals surface area (Å²) < 4.78 is 5.62. The summed E-state index contributed by atoms with van der Waals surface area (Å²) >= 11 is 1.87. The highest BCUT2D eigenvalue weighted by atomic mass is 32.2. The summed E-state index contributed by atoms with van der Waals surface area (Å²) in [6.07, 6.45) is 7.33. The van der Waals surface area contributed by atoms with Gasteiger partial charge in [0.25, 0.3) is 0 Å². The molecule has 24 heavy (non-hydrogen) atoms. The van der Waals surface area contributed by atoms with Gasteiger partial charge in [-0.15, -0.1) is 0 Å². The largest absolute Gasteiger partial charge is 0.381 e. The second kappa shape index (κ2) is 8.26. The van der Waals surface area contributed by atoms with Crippen molar-refractivity contribution in [3.63, 3.8) is 0 Å². The molecule has 2 fully saturated rings. The van der Waals surface area contributed by atoms with Crippen molar-refractivity contribution in [2.24, 2.45) is 0 Å². The number of rotatable bonds is 5. The normalized spacial score (nSPS) is 23.2. The number of carbonyl (C=O) groups is 1. The van der Waals surface area contributed by atoms with Crippen LogP contribution in [0.2, 0.25) is 0 Å². The van der Waals surface area contributed by atoms with E-state index in [9.17, 15) is 4.79 Å². The summed E-state index contributed by atoms with van der Waals surface area (Å²) in [5.41, 5.74) is 1.31. The Morgan fingerprint density at radius 2 is 2.08 bits per heavy atom. The van der Waals surface area contributed by atoms with E-state index in [2.05, 4.69) is 35.8 Å². The zero-order chi connectivity index (χ0) is 16.8. The number of urea groups is 1. The number of likely N-dealkylation sites (tertiary alicyclic amines) is 1. The third-order valence-corrected chi connectivity index (χ3v) is 6.77. The van der Waals surface area contributed by atoms with Crippen molar-refractivity contribution in [3.8, 4) is 0 Å². The SMILES string of the molecule is CSC1(CNC(=O)N2CCC[C@H]2Cc2ccccc2)CCOCC1. The number of hydrogen-bond donors (Lipinski definition) is 1. The van der Waals surface area contributed by atoms with Crippen molar-refractivity contribution in [1.82, 2.24) is 10.2 Å². The monoisotopic (exact) mass is 348 g/mol. The van der Waals surface area contributed by atoms with Gasteiger partial charge in [0.1, 0.15) is 0 Å². The Morgan fingerprint density at radius 3 is 2.79 bits per heavy atom. The fraction of sp³-hybridized carbons (Fsp3) is 0.632. The molecule has 0 radical (unpaired) electrons. The fourth-order valence-electron chi connectivity index (χ4n) is 3.74. The number of benzene rings is 1. The zero-order valence-corrected chi connectivity index (χ0v) is 15.3. The van der Waals surface area contributed by atoms with Crippen LogP contribution in [0.25, 0.3) is 0 Å². The second-order valence-corrected chi connectivity index (χ2v) is 8.11. The summed E-state index contributed by atoms with van der Waals surface area (Å²) in [5, 5.41) is 3.21. The topological polar surface area (TPSA) is 41.6 Å². The van der Waals surface area contributed by atoms with Crippen molar-refractivity contribution in [2.45, 2.75) is 42.9 Å². The number of hydrogen-bond acceptors (Lipinski definition) is 3. The van der Waals surface area contributed by atoms with Gasteiger partial charge in [0.05, 0.1) is 0 Å². The number of nitrogens with zero attached hydrogens (tertiary/aromatic N) is 1. The van der Waals surface area contributed by atoms with Crippen molar-refractivity contribution < 1.29 is 9.53 Å². The lowest BCUT2D eigenvalue weighted by molar-refractivity contribution is 0.0771. The van der Waals surface area contributed by atoms with Gasteiger partial charge >= 0.3 is 6.03 Å². The molecule has 3 rings (SSSR count). The second-order valence-electron chi connectivity index (χ2n) is 6.84. The van der Waals surface area contributed by atoms with Crippen LogP contribution in [-0.2, 0) is 11.2 Å². The minimum Gasteiger partial charge on any atom is -0.381 e. The van der Waals surface area contributed by atoms with Crippen molar-refractivity contribution in [1.29, 1.82) is 0 Å². The van der Waals surface area contributed by atoms with Crippen LogP contribution in [0, 0.1) is 0 Å². The number of carbonyl (C=O) groups excluding carboxylic acids is 1. The van der Waals surface area contributed by atoms with Gasteiger partial charge in [-0.1, -0.05) is 30.3 Å². The van der Waals surface area contributed by atoms with E-state index < -0.39 is 0 Å². The van der Waals surface area contributed by atoms with Crippen molar-refractivity contribution >= 4 is 17.8 Å². The molecule has 0 aromatic heterocycles. The molecule has 0 saturated carbocycles. The third kappa shape index (κ3) is 4.25. The van der Waals surface area contributed by atoms with E-state index in [-0.39, 0.29) is 10.8 Å². The maximum Gasteiger partial charge on any atom is 0.317 e. The molecule has 2 amide bonds. The lowest BCUT2D eigenvalue weighted by Gasteiger charge is -2.36. The van der Waals surface area contributed by atoms with Gasteiger partial charge in [0.15, 0.2) is 0 Å². The van der Waals surface area contributed by atoms with Gasteiger partial charge in [-0.05, 0) is 43.9 Å². The number of ether oxygens (including phenoxy) is 1. The van der Waals surface area contributed by atoms with E-state index in [0.717, 1.165) is 58.4 Å². The molecule has 2 aliphatic heterocycles. The standard InChI is InChI=1S/C19H28N2O2S/c1-24-19(9-12-23-13-10-19)15-20-18(22)21-11-5-8-17(21)14-16-6-3-2-4-7-16/h2-4,6-7,17H,5,8-15H2,1H3,(H,20,22)/t17-/m0/s1. The van der Waals surface area contributed by atoms with Crippen molar-refractivity contribution in [2.75, 3.05) is 32.6 Å². The molecule has 0 spiro atoms. The van der Waals surface area contributed by atoms with Crippen LogP contribution in [0.15, 0.2) is 30.3 Å². The molecule has 132 valence electrons. The lowest BCUT2D eigenvalue weighted by atomic mass is 9.99. The molecule has 0 aliphatic carbocycles. The van der Waals surface area contributed by atoms with E-state index in [0.29, 0.717) is 6.04 Å². The van der Waals surface area contributed by atoms with E-state index in [1.165, 1.54) is 5.56 Å². The number of thioether (sulfide) groups is 1. The molecule has 2 saturated heterocycles. The van der Waals surface area contributed by atoms with Gasteiger partial charge in [-0.2, -0.15) is 11.8 Å². The Hall–Kier alpha value is -1.20. The molecule has 2 heterocycles. The average Bonchev–Trinajstić information content (AvgIpc) is 3.09. The Labute approximate surface area is 149 Å². The van der Waals surface area contributed by atoms with Crippen LogP contribution in [0.5, 0.6) is 0 Å². The van der Waals surface area contributed by atoms with Crippen LogP contribution < -0.4 is 5.32 Å². The summed E-state index contributed by atoms with van der Waals surface area (Å²) in [4.78, 5) is 14.8. The molecule has 5 heteroatoms. The fourth-order valence-corrected chi connectivity index (χ4v) is 4.53. The molecule has 1 aromatic carbocycles. The quantitative estimate of drug-likeness (QED) is 0.887. The predicted molar refractivity (Wildman–Crippen MR) is 99.6 cm³/mol. The average molecular weight is 349 g/mol. The summed E-state index contributed by atoms with van der Waals surface area (Å²) in [6.45, 7) is 3.22. The Kier molecular flexibility index (Phi) is 6.06. The highest BCUT2D eigenvalue weighted by Gasteiger charge is 2.34. The molecule has 4 nitrogen and oxygen atoms in total. The van der Waals surface area contributed by atoms with Crippen LogP contribution in [0.3, 0.4) is 0 Å². The molecular weight excluding hydrogens is 320 g/mol. The minimum absolute atomic E-state index is 0.105. The predicted octanol–water partition coefficient (Wildman–Crippen LogP) is 3.32. The number of nitrogens with one attached hydrogen (secondary N) is 1. The Balaban J connectivity index is 1.55. The van der Waals surface area contributed by atoms with E-state index in [4.69, 9.17) is 4.74 Å². The molecule has 1 aromatic rings. The molecular formula is C19H28N2O2S. The molecule has 0 bridgehead atoms. The van der Waals surface area contributed by atoms with Gasteiger partial charge < -0.3 is 15.0 Å². The maximum atomic E-state index is 12.7. The van der Waals surface area contributed by atoms with E-state index >= 15 is 0 Å². The maximum absolute atomic E-state index is 12.7. The van der Waals surface area contributed by atoms with Crippen LogP contribution in [0.1, 0.15) is 31.2 Å². The van der Waals surface area contributed by atoms with Crippen LogP contribution >= 0.6 is 11.8 Å². The Morgan fingerprint density at radius 1 is 1.33 bits per heavy atom. The summed E-state index contributed by atoms with van der Waals surface area (Å²) in [5.74, 6) is 0. The van der Waals surface area contributed by atoms with Crippen LogP contribution in [0.4, 0.5) is 4.79 Å². The lowest BCUT2D eigenvalue weighted by Crippen LogP contribution is -2.49.